The van der Waals surface area contributed by atoms with E-state index >= 15 is 0 Å². The van der Waals surface area contributed by atoms with E-state index in [2.05, 4.69) is 10.6 Å². The average Bonchev–Trinajstić information content (AvgIpc) is 2.26. The van der Waals surface area contributed by atoms with Crippen molar-refractivity contribution in [2.45, 2.75) is 6.92 Å². The minimum atomic E-state index is -0.383. The molecule has 0 fully saturated rings. The molecule has 0 saturated heterocycles. The van der Waals surface area contributed by atoms with E-state index in [1.165, 1.54) is 6.92 Å². The predicted molar refractivity (Wildman–Crippen MR) is 58.7 cm³/mol. The first-order chi connectivity index (χ1) is 7.65. The summed E-state index contributed by atoms with van der Waals surface area (Å²) in [6.07, 6.45) is 0. The highest BCUT2D eigenvalue weighted by Gasteiger charge is 2.10. The van der Waals surface area contributed by atoms with Crippen LogP contribution in [0.3, 0.4) is 0 Å². The van der Waals surface area contributed by atoms with Gasteiger partial charge in [0.2, 0.25) is 5.91 Å². The Balaban J connectivity index is 2.90. The van der Waals surface area contributed by atoms with Gasteiger partial charge in [-0.15, -0.1) is 0 Å². The number of hydrogen-bond donors (Lipinski definition) is 2. The molecule has 0 heterocycles. The normalized spacial score (nSPS) is 9.00. The van der Waals surface area contributed by atoms with Gasteiger partial charge in [-0.3, -0.25) is 9.59 Å². The van der Waals surface area contributed by atoms with Gasteiger partial charge in [-0.2, -0.15) is 5.26 Å². The summed E-state index contributed by atoms with van der Waals surface area (Å²) in [6, 6.07) is 8.42. The molecular weight excluding hydrogens is 206 g/mol. The van der Waals surface area contributed by atoms with Gasteiger partial charge in [0.25, 0.3) is 5.91 Å². The van der Waals surface area contributed by atoms with Crippen molar-refractivity contribution in [3.05, 3.63) is 29.8 Å². The van der Waals surface area contributed by atoms with Crippen LogP contribution >= 0.6 is 0 Å². The van der Waals surface area contributed by atoms with Crippen molar-refractivity contribution in [2.75, 3.05) is 11.9 Å². The molecule has 82 valence electrons. The lowest BCUT2D eigenvalue weighted by Crippen LogP contribution is -2.25. The van der Waals surface area contributed by atoms with Crippen LogP contribution in [-0.4, -0.2) is 18.4 Å². The molecule has 2 amide bonds. The van der Waals surface area contributed by atoms with Crippen molar-refractivity contribution < 1.29 is 9.59 Å². The highest BCUT2D eigenvalue weighted by molar-refractivity contribution is 6.03. The van der Waals surface area contributed by atoms with Gasteiger partial charge in [-0.05, 0) is 12.1 Å². The van der Waals surface area contributed by atoms with Crippen molar-refractivity contribution in [1.82, 2.24) is 5.32 Å². The SMILES string of the molecule is CC(=O)Nc1ccccc1C(=O)NCC#N. The third kappa shape index (κ3) is 3.10. The smallest absolute Gasteiger partial charge is 0.254 e. The van der Waals surface area contributed by atoms with Gasteiger partial charge < -0.3 is 10.6 Å². The second kappa shape index (κ2) is 5.51. The van der Waals surface area contributed by atoms with Gasteiger partial charge in [0.15, 0.2) is 0 Å². The van der Waals surface area contributed by atoms with E-state index in [1.807, 2.05) is 6.07 Å². The molecule has 1 aromatic carbocycles. The Morgan fingerprint density at radius 1 is 1.38 bits per heavy atom. The molecule has 0 aliphatic heterocycles. The molecule has 0 radical (unpaired) electrons. The van der Waals surface area contributed by atoms with Crippen LogP contribution < -0.4 is 10.6 Å². The largest absolute Gasteiger partial charge is 0.339 e. The van der Waals surface area contributed by atoms with Gasteiger partial charge >= 0.3 is 0 Å². The van der Waals surface area contributed by atoms with Crippen LogP contribution in [0.5, 0.6) is 0 Å². The molecular formula is C11H11N3O2. The number of benzene rings is 1. The summed E-state index contributed by atoms with van der Waals surface area (Å²) in [7, 11) is 0. The molecule has 0 bridgehead atoms. The fraction of sp³-hybridized carbons (Fsp3) is 0.182. The number of carbonyl (C=O) groups excluding carboxylic acids is 2. The van der Waals surface area contributed by atoms with Gasteiger partial charge in [0.05, 0.1) is 17.3 Å². The summed E-state index contributed by atoms with van der Waals surface area (Å²) >= 11 is 0. The van der Waals surface area contributed by atoms with Crippen LogP contribution in [-0.2, 0) is 4.79 Å². The maximum absolute atomic E-state index is 11.6. The minimum Gasteiger partial charge on any atom is -0.339 e. The predicted octanol–water partition coefficient (Wildman–Crippen LogP) is 0.898. The van der Waals surface area contributed by atoms with Gasteiger partial charge in [-0.25, -0.2) is 0 Å². The highest BCUT2D eigenvalue weighted by atomic mass is 16.2. The Bertz CT molecular complexity index is 449. The van der Waals surface area contributed by atoms with Crippen LogP contribution in [0, 0.1) is 11.3 Å². The van der Waals surface area contributed by atoms with E-state index in [4.69, 9.17) is 5.26 Å². The quantitative estimate of drug-likeness (QED) is 0.738. The second-order valence-corrected chi connectivity index (χ2v) is 3.07. The molecule has 0 aliphatic rings. The zero-order chi connectivity index (χ0) is 12.0. The van der Waals surface area contributed by atoms with Crippen LogP contribution in [0.25, 0.3) is 0 Å². The third-order valence-corrected chi connectivity index (χ3v) is 1.81. The Morgan fingerprint density at radius 3 is 2.69 bits per heavy atom. The summed E-state index contributed by atoms with van der Waals surface area (Å²) in [5.41, 5.74) is 0.776. The Hall–Kier alpha value is -2.35. The summed E-state index contributed by atoms with van der Waals surface area (Å²) in [5.74, 6) is -0.633. The molecule has 0 aromatic heterocycles. The van der Waals surface area contributed by atoms with Crippen molar-refractivity contribution >= 4 is 17.5 Å². The van der Waals surface area contributed by atoms with E-state index in [1.54, 1.807) is 24.3 Å². The Kier molecular flexibility index (Phi) is 4.04. The van der Waals surface area contributed by atoms with Crippen LogP contribution in [0.1, 0.15) is 17.3 Å². The molecule has 0 spiro atoms. The van der Waals surface area contributed by atoms with Crippen LogP contribution in [0.2, 0.25) is 0 Å². The summed E-state index contributed by atoms with van der Waals surface area (Å²) in [5, 5.41) is 13.3. The van der Waals surface area contributed by atoms with Gasteiger partial charge in [0, 0.05) is 6.92 Å². The molecule has 5 nitrogen and oxygen atoms in total. The summed E-state index contributed by atoms with van der Waals surface area (Å²) in [6.45, 7) is 1.30. The van der Waals surface area contributed by atoms with Gasteiger partial charge in [0.1, 0.15) is 6.54 Å². The lowest BCUT2D eigenvalue weighted by atomic mass is 10.1. The fourth-order valence-electron chi connectivity index (χ4n) is 1.19. The molecule has 0 aliphatic carbocycles. The number of para-hydroxylation sites is 1. The second-order valence-electron chi connectivity index (χ2n) is 3.07. The zero-order valence-corrected chi connectivity index (χ0v) is 8.78. The first-order valence-electron chi connectivity index (χ1n) is 4.67. The van der Waals surface area contributed by atoms with Crippen molar-refractivity contribution in [1.29, 1.82) is 5.26 Å². The maximum Gasteiger partial charge on any atom is 0.254 e. The average molecular weight is 217 g/mol. The molecule has 16 heavy (non-hydrogen) atoms. The number of anilines is 1. The molecule has 0 atom stereocenters. The summed E-state index contributed by atoms with van der Waals surface area (Å²) in [4.78, 5) is 22.5. The van der Waals surface area contributed by atoms with E-state index in [0.29, 0.717) is 11.3 Å². The minimum absolute atomic E-state index is 0.0623. The first kappa shape index (κ1) is 11.7. The highest BCUT2D eigenvalue weighted by Crippen LogP contribution is 2.14. The van der Waals surface area contributed by atoms with E-state index in [0.717, 1.165) is 0 Å². The zero-order valence-electron chi connectivity index (χ0n) is 8.78. The molecule has 1 aromatic rings. The monoisotopic (exact) mass is 217 g/mol. The van der Waals surface area contributed by atoms with Crippen LogP contribution in [0.4, 0.5) is 5.69 Å². The molecule has 1 rings (SSSR count). The standard InChI is InChI=1S/C11H11N3O2/c1-8(15)14-10-5-3-2-4-9(10)11(16)13-7-6-12/h2-5H,7H2,1H3,(H,13,16)(H,14,15). The molecule has 0 saturated carbocycles. The van der Waals surface area contributed by atoms with E-state index in [-0.39, 0.29) is 18.4 Å². The summed E-state index contributed by atoms with van der Waals surface area (Å²) < 4.78 is 0. The third-order valence-electron chi connectivity index (χ3n) is 1.81. The Morgan fingerprint density at radius 2 is 2.06 bits per heavy atom. The number of hydrogen-bond acceptors (Lipinski definition) is 3. The van der Waals surface area contributed by atoms with Crippen molar-refractivity contribution in [3.8, 4) is 6.07 Å². The molecule has 5 heteroatoms. The number of nitrogens with zero attached hydrogens (tertiary/aromatic N) is 1. The maximum atomic E-state index is 11.6. The number of nitrogens with one attached hydrogen (secondary N) is 2. The first-order valence-corrected chi connectivity index (χ1v) is 4.67. The number of amides is 2. The topological polar surface area (TPSA) is 82.0 Å². The lowest BCUT2D eigenvalue weighted by Gasteiger charge is -2.08. The molecule has 2 N–H and O–H groups in total. The molecule has 0 unspecified atom stereocenters. The van der Waals surface area contributed by atoms with Crippen LogP contribution in [0.15, 0.2) is 24.3 Å². The van der Waals surface area contributed by atoms with E-state index < -0.39 is 0 Å². The van der Waals surface area contributed by atoms with Crippen molar-refractivity contribution in [2.24, 2.45) is 0 Å². The number of carbonyl (C=O) groups is 2. The van der Waals surface area contributed by atoms with E-state index in [9.17, 15) is 9.59 Å². The lowest BCUT2D eigenvalue weighted by molar-refractivity contribution is -0.114. The van der Waals surface area contributed by atoms with Gasteiger partial charge in [-0.1, -0.05) is 12.1 Å². The van der Waals surface area contributed by atoms with Crippen molar-refractivity contribution in [3.63, 3.8) is 0 Å². The Labute approximate surface area is 93.1 Å². The fourth-order valence-corrected chi connectivity index (χ4v) is 1.19. The number of rotatable bonds is 3. The number of nitriles is 1.